The number of nitrogens with one attached hydrogen (secondary N) is 1. The van der Waals surface area contributed by atoms with Gasteiger partial charge in [0.2, 0.25) is 10.0 Å². The third kappa shape index (κ3) is 5.19. The van der Waals surface area contributed by atoms with Gasteiger partial charge in [0.15, 0.2) is 5.13 Å². The smallest absolute Gasteiger partial charge is 0.240 e. The van der Waals surface area contributed by atoms with Crippen LogP contribution in [0.5, 0.6) is 11.5 Å². The maximum atomic E-state index is 12.7. The molecular weight excluding hydrogens is 418 g/mol. The number of nitrogens with zero attached hydrogens (tertiary/aromatic N) is 2. The highest BCUT2D eigenvalue weighted by Crippen LogP contribution is 2.26. The van der Waals surface area contributed by atoms with Gasteiger partial charge >= 0.3 is 0 Å². The van der Waals surface area contributed by atoms with Gasteiger partial charge in [-0.25, -0.2) is 18.1 Å². The number of hydrogen-bond acceptors (Lipinski definition) is 6. The van der Waals surface area contributed by atoms with Crippen molar-refractivity contribution in [3.63, 3.8) is 0 Å². The molecule has 1 unspecified atom stereocenters. The van der Waals surface area contributed by atoms with E-state index >= 15 is 0 Å². The number of thiazole rings is 1. The number of hydrogen-bond donors (Lipinski definition) is 1. The fourth-order valence-electron chi connectivity index (χ4n) is 3.59. The van der Waals surface area contributed by atoms with Gasteiger partial charge < -0.3 is 9.64 Å². The molecule has 6 nitrogen and oxygen atoms in total. The van der Waals surface area contributed by atoms with Crippen molar-refractivity contribution < 1.29 is 13.2 Å². The zero-order valence-electron chi connectivity index (χ0n) is 16.8. The van der Waals surface area contributed by atoms with Crippen LogP contribution in [0.25, 0.3) is 0 Å². The molecule has 2 aromatic carbocycles. The van der Waals surface area contributed by atoms with Crippen LogP contribution in [0.4, 0.5) is 5.13 Å². The van der Waals surface area contributed by atoms with Crippen molar-refractivity contribution in [2.45, 2.75) is 24.7 Å². The Balaban J connectivity index is 1.35. The third-order valence-corrected chi connectivity index (χ3v) is 7.40. The van der Waals surface area contributed by atoms with E-state index in [1.54, 1.807) is 41.8 Å². The average molecular weight is 444 g/mol. The van der Waals surface area contributed by atoms with Crippen molar-refractivity contribution in [3.05, 3.63) is 65.7 Å². The maximum Gasteiger partial charge on any atom is 0.240 e. The van der Waals surface area contributed by atoms with Crippen LogP contribution in [0, 0.1) is 12.8 Å². The molecule has 1 aromatic heterocycles. The fourth-order valence-corrected chi connectivity index (χ4v) is 5.39. The minimum absolute atomic E-state index is 0.242. The van der Waals surface area contributed by atoms with E-state index in [0.29, 0.717) is 12.3 Å². The maximum absolute atomic E-state index is 12.7. The monoisotopic (exact) mass is 443 g/mol. The first kappa shape index (κ1) is 20.8. The summed E-state index contributed by atoms with van der Waals surface area (Å²) in [6, 6.07) is 14.3. The first-order valence-corrected chi connectivity index (χ1v) is 12.3. The molecule has 1 aliphatic heterocycles. The Morgan fingerprint density at radius 2 is 2.03 bits per heavy atom. The highest BCUT2D eigenvalue weighted by atomic mass is 32.2. The number of ether oxygens (including phenoxy) is 1. The van der Waals surface area contributed by atoms with Crippen molar-refractivity contribution in [2.24, 2.45) is 5.92 Å². The molecule has 3 aromatic rings. The number of anilines is 1. The molecule has 0 saturated carbocycles. The van der Waals surface area contributed by atoms with E-state index in [2.05, 4.69) is 14.6 Å². The first-order chi connectivity index (χ1) is 14.5. The Morgan fingerprint density at radius 1 is 1.20 bits per heavy atom. The van der Waals surface area contributed by atoms with Crippen LogP contribution in [0.15, 0.2) is 65.0 Å². The van der Waals surface area contributed by atoms with Gasteiger partial charge in [-0.1, -0.05) is 12.1 Å². The van der Waals surface area contributed by atoms with Crippen molar-refractivity contribution >= 4 is 26.5 Å². The molecule has 0 spiro atoms. The summed E-state index contributed by atoms with van der Waals surface area (Å²) < 4.78 is 34.0. The van der Waals surface area contributed by atoms with E-state index in [4.69, 9.17) is 4.74 Å². The molecule has 1 saturated heterocycles. The lowest BCUT2D eigenvalue weighted by Crippen LogP contribution is -2.40. The molecule has 8 heteroatoms. The summed E-state index contributed by atoms with van der Waals surface area (Å²) in [6.07, 6.45) is 3.85. The first-order valence-electron chi connectivity index (χ1n) is 9.98. The number of piperidine rings is 1. The van der Waals surface area contributed by atoms with Crippen LogP contribution < -0.4 is 14.4 Å². The summed E-state index contributed by atoms with van der Waals surface area (Å²) in [5.74, 6) is 1.60. The van der Waals surface area contributed by atoms with Crippen LogP contribution in [-0.2, 0) is 10.0 Å². The van der Waals surface area contributed by atoms with E-state index in [9.17, 15) is 8.42 Å². The molecule has 2 heterocycles. The van der Waals surface area contributed by atoms with Crippen LogP contribution >= 0.6 is 11.3 Å². The van der Waals surface area contributed by atoms with Gasteiger partial charge in [0.25, 0.3) is 0 Å². The molecular formula is C22H25N3O3S2. The summed E-state index contributed by atoms with van der Waals surface area (Å²) in [5.41, 5.74) is 1.10. The SMILES string of the molecule is Cc1cccc(Oc2ccc(S(=O)(=O)NCC3CCCN(c4nccs4)C3)cc2)c1. The molecule has 1 fully saturated rings. The lowest BCUT2D eigenvalue weighted by molar-refractivity contribution is 0.410. The number of rotatable bonds is 7. The van der Waals surface area contributed by atoms with Gasteiger partial charge in [-0.2, -0.15) is 0 Å². The molecule has 158 valence electrons. The zero-order chi connectivity index (χ0) is 21.0. The minimum Gasteiger partial charge on any atom is -0.457 e. The second-order valence-electron chi connectivity index (χ2n) is 7.51. The van der Waals surface area contributed by atoms with Crippen LogP contribution in [0.1, 0.15) is 18.4 Å². The molecule has 0 aliphatic carbocycles. The zero-order valence-corrected chi connectivity index (χ0v) is 18.5. The predicted molar refractivity (Wildman–Crippen MR) is 120 cm³/mol. The third-order valence-electron chi connectivity index (χ3n) is 5.13. The van der Waals surface area contributed by atoms with Crippen molar-refractivity contribution in [1.29, 1.82) is 0 Å². The molecule has 4 rings (SSSR count). The topological polar surface area (TPSA) is 71.5 Å². The van der Waals surface area contributed by atoms with Gasteiger partial charge in [0.05, 0.1) is 4.90 Å². The predicted octanol–water partition coefficient (Wildman–Crippen LogP) is 4.44. The average Bonchev–Trinajstić information content (AvgIpc) is 3.28. The fraction of sp³-hybridized carbons (Fsp3) is 0.318. The second-order valence-corrected chi connectivity index (χ2v) is 10.2. The lowest BCUT2D eigenvalue weighted by Gasteiger charge is -2.32. The normalized spacial score (nSPS) is 17.1. The van der Waals surface area contributed by atoms with Crippen LogP contribution in [0.3, 0.4) is 0 Å². The molecule has 0 amide bonds. The second kappa shape index (κ2) is 9.16. The van der Waals surface area contributed by atoms with Crippen LogP contribution in [0.2, 0.25) is 0 Å². The Bertz CT molecular complexity index is 1070. The summed E-state index contributed by atoms with van der Waals surface area (Å²) >= 11 is 1.62. The molecule has 1 aliphatic rings. The Hall–Kier alpha value is -2.42. The number of sulfonamides is 1. The lowest BCUT2D eigenvalue weighted by atomic mass is 9.99. The summed E-state index contributed by atoms with van der Waals surface area (Å²) in [5, 5.41) is 2.97. The Morgan fingerprint density at radius 3 is 2.77 bits per heavy atom. The van der Waals surface area contributed by atoms with Gasteiger partial charge in [0, 0.05) is 31.2 Å². The van der Waals surface area contributed by atoms with E-state index in [-0.39, 0.29) is 10.8 Å². The van der Waals surface area contributed by atoms with Gasteiger partial charge in [-0.3, -0.25) is 0 Å². The Labute approximate surface area is 181 Å². The molecule has 1 atom stereocenters. The van der Waals surface area contributed by atoms with Gasteiger partial charge in [-0.15, -0.1) is 11.3 Å². The molecule has 30 heavy (non-hydrogen) atoms. The molecule has 0 bridgehead atoms. The van der Waals surface area contributed by atoms with Crippen molar-refractivity contribution in [3.8, 4) is 11.5 Å². The van der Waals surface area contributed by atoms with Crippen molar-refractivity contribution in [2.75, 3.05) is 24.5 Å². The summed E-state index contributed by atoms with van der Waals surface area (Å²) in [6.45, 7) is 4.21. The van der Waals surface area contributed by atoms with E-state index < -0.39 is 10.0 Å². The van der Waals surface area contributed by atoms with E-state index in [1.807, 2.05) is 36.6 Å². The quantitative estimate of drug-likeness (QED) is 0.585. The van der Waals surface area contributed by atoms with E-state index in [0.717, 1.165) is 42.4 Å². The minimum atomic E-state index is -3.56. The Kier molecular flexibility index (Phi) is 6.36. The largest absolute Gasteiger partial charge is 0.457 e. The van der Waals surface area contributed by atoms with Crippen molar-refractivity contribution in [1.82, 2.24) is 9.71 Å². The van der Waals surface area contributed by atoms with Crippen LogP contribution in [-0.4, -0.2) is 33.0 Å². The summed E-state index contributed by atoms with van der Waals surface area (Å²) in [4.78, 5) is 6.85. The molecule has 1 N–H and O–H groups in total. The number of aromatic nitrogens is 1. The highest BCUT2D eigenvalue weighted by molar-refractivity contribution is 7.89. The molecule has 0 radical (unpaired) electrons. The highest BCUT2D eigenvalue weighted by Gasteiger charge is 2.23. The number of aryl methyl sites for hydroxylation is 1. The number of benzene rings is 2. The van der Waals surface area contributed by atoms with E-state index in [1.165, 1.54) is 0 Å². The summed E-state index contributed by atoms with van der Waals surface area (Å²) in [7, 11) is -3.56. The van der Waals surface area contributed by atoms with Gasteiger partial charge in [-0.05, 0) is 67.6 Å². The standard InChI is InChI=1S/C22H25N3O3S2/c1-17-4-2-6-20(14-17)28-19-7-9-21(10-8-19)30(26,27)24-15-18-5-3-12-25(16-18)22-23-11-13-29-22/h2,4,6-11,13-14,18,24H,3,5,12,15-16H2,1H3. The van der Waals surface area contributed by atoms with Gasteiger partial charge in [0.1, 0.15) is 11.5 Å².